The zero-order chi connectivity index (χ0) is 15.9. The van der Waals surface area contributed by atoms with E-state index in [4.69, 9.17) is 9.47 Å². The largest absolute Gasteiger partial charge is 0.493 e. The molecule has 0 fully saturated rings. The van der Waals surface area contributed by atoms with Gasteiger partial charge in [-0.05, 0) is 42.9 Å². The molecule has 3 rings (SSSR count). The number of hydrogen-bond donors (Lipinski definition) is 0. The first-order chi connectivity index (χ1) is 11.3. The van der Waals surface area contributed by atoms with E-state index in [0.29, 0.717) is 36.7 Å². The van der Waals surface area contributed by atoms with Gasteiger partial charge in [0.15, 0.2) is 5.78 Å². The Morgan fingerprint density at radius 1 is 1.04 bits per heavy atom. The highest BCUT2D eigenvalue weighted by molar-refractivity contribution is 7.99. The lowest BCUT2D eigenvalue weighted by molar-refractivity contribution is 0.0928. The van der Waals surface area contributed by atoms with E-state index in [9.17, 15) is 4.79 Å². The lowest BCUT2D eigenvalue weighted by Crippen LogP contribution is -2.16. The van der Waals surface area contributed by atoms with E-state index in [2.05, 4.69) is 24.3 Å². The molecule has 0 saturated heterocycles. The number of unbranched alkanes of at least 4 members (excludes halogenated alkanes) is 1. The first-order valence-electron chi connectivity index (χ1n) is 7.94. The highest BCUT2D eigenvalue weighted by Gasteiger charge is 2.22. The Labute approximate surface area is 141 Å². The van der Waals surface area contributed by atoms with Crippen LogP contribution in [0.2, 0.25) is 0 Å². The second-order valence-electron chi connectivity index (χ2n) is 5.37. The van der Waals surface area contributed by atoms with Crippen LogP contribution in [-0.2, 0) is 0 Å². The van der Waals surface area contributed by atoms with E-state index in [0.717, 1.165) is 18.6 Å². The molecule has 23 heavy (non-hydrogen) atoms. The van der Waals surface area contributed by atoms with E-state index in [1.165, 1.54) is 4.90 Å². The number of carbonyl (C=O) groups excluding carboxylic acids is 1. The minimum Gasteiger partial charge on any atom is -0.493 e. The van der Waals surface area contributed by atoms with Gasteiger partial charge in [-0.15, -0.1) is 11.8 Å². The summed E-state index contributed by atoms with van der Waals surface area (Å²) in [5.74, 6) is 2.49. The molecule has 0 atom stereocenters. The van der Waals surface area contributed by atoms with Crippen molar-refractivity contribution in [3.8, 4) is 11.5 Å². The van der Waals surface area contributed by atoms with Crippen LogP contribution < -0.4 is 9.47 Å². The van der Waals surface area contributed by atoms with E-state index in [1.807, 2.05) is 36.0 Å². The predicted octanol–water partition coefficient (Wildman–Crippen LogP) is 4.60. The van der Waals surface area contributed by atoms with Crippen LogP contribution in [-0.4, -0.2) is 24.7 Å². The van der Waals surface area contributed by atoms with E-state index < -0.39 is 0 Å². The summed E-state index contributed by atoms with van der Waals surface area (Å²) >= 11 is 1.86. The zero-order valence-electron chi connectivity index (χ0n) is 13.0. The van der Waals surface area contributed by atoms with Gasteiger partial charge in [-0.1, -0.05) is 24.3 Å². The van der Waals surface area contributed by atoms with Crippen LogP contribution in [0.5, 0.6) is 11.5 Å². The monoisotopic (exact) mass is 328 g/mol. The summed E-state index contributed by atoms with van der Waals surface area (Å²) in [6.45, 7) is 1.09. The Kier molecular flexibility index (Phi) is 5.59. The summed E-state index contributed by atoms with van der Waals surface area (Å²) in [5, 5.41) is 0. The Morgan fingerprint density at radius 3 is 2.78 bits per heavy atom. The molecule has 0 bridgehead atoms. The fourth-order valence-electron chi connectivity index (χ4n) is 2.50. The quantitative estimate of drug-likeness (QED) is 0.549. The van der Waals surface area contributed by atoms with Crippen molar-refractivity contribution in [2.45, 2.75) is 24.2 Å². The number of ether oxygens (including phenoxy) is 2. The van der Waals surface area contributed by atoms with Crippen LogP contribution >= 0.6 is 11.8 Å². The van der Waals surface area contributed by atoms with Crippen molar-refractivity contribution in [2.75, 3.05) is 19.0 Å². The SMILES string of the molecule is O=C1CCOc2cccc(OCCCCSc3ccccc3)c21. The van der Waals surface area contributed by atoms with Gasteiger partial charge in [-0.25, -0.2) is 0 Å². The van der Waals surface area contributed by atoms with E-state index in [1.54, 1.807) is 0 Å². The van der Waals surface area contributed by atoms with Gasteiger partial charge in [0.1, 0.15) is 17.1 Å². The first-order valence-corrected chi connectivity index (χ1v) is 8.93. The second-order valence-corrected chi connectivity index (χ2v) is 6.54. The van der Waals surface area contributed by atoms with Gasteiger partial charge >= 0.3 is 0 Å². The predicted molar refractivity (Wildman–Crippen MR) is 92.8 cm³/mol. The molecule has 1 aliphatic rings. The molecule has 0 N–H and O–H groups in total. The third-order valence-electron chi connectivity index (χ3n) is 3.66. The number of benzene rings is 2. The molecular weight excluding hydrogens is 308 g/mol. The van der Waals surface area contributed by atoms with Gasteiger partial charge in [0.05, 0.1) is 13.2 Å². The fourth-order valence-corrected chi connectivity index (χ4v) is 3.43. The number of carbonyl (C=O) groups is 1. The van der Waals surface area contributed by atoms with Gasteiger partial charge in [0.2, 0.25) is 0 Å². The molecule has 0 aromatic heterocycles. The average molecular weight is 328 g/mol. The molecule has 2 aromatic carbocycles. The highest BCUT2D eigenvalue weighted by Crippen LogP contribution is 2.32. The number of fused-ring (bicyclic) bond motifs is 1. The molecule has 0 saturated carbocycles. The number of rotatable bonds is 7. The Balaban J connectivity index is 1.44. The third-order valence-corrected chi connectivity index (χ3v) is 4.76. The smallest absolute Gasteiger partial charge is 0.173 e. The summed E-state index contributed by atoms with van der Waals surface area (Å²) in [6, 6.07) is 16.0. The van der Waals surface area contributed by atoms with Crippen LogP contribution in [0.1, 0.15) is 29.6 Å². The molecule has 1 heterocycles. The minimum atomic E-state index is 0.112. The minimum absolute atomic E-state index is 0.112. The molecule has 1 aliphatic heterocycles. The van der Waals surface area contributed by atoms with Crippen molar-refractivity contribution in [1.82, 2.24) is 0 Å². The molecule has 2 aromatic rings. The van der Waals surface area contributed by atoms with Crippen LogP contribution in [0.3, 0.4) is 0 Å². The van der Waals surface area contributed by atoms with Crippen molar-refractivity contribution < 1.29 is 14.3 Å². The maximum absolute atomic E-state index is 12.0. The molecular formula is C19H20O3S. The zero-order valence-corrected chi connectivity index (χ0v) is 13.8. The molecule has 4 heteroatoms. The summed E-state index contributed by atoms with van der Waals surface area (Å²) in [7, 11) is 0. The Morgan fingerprint density at radius 2 is 1.91 bits per heavy atom. The maximum Gasteiger partial charge on any atom is 0.173 e. The van der Waals surface area contributed by atoms with Crippen molar-refractivity contribution in [1.29, 1.82) is 0 Å². The van der Waals surface area contributed by atoms with Gasteiger partial charge in [-0.3, -0.25) is 4.79 Å². The lowest BCUT2D eigenvalue weighted by atomic mass is 10.0. The normalized spacial score (nSPS) is 13.3. The van der Waals surface area contributed by atoms with Crippen LogP contribution in [0.25, 0.3) is 0 Å². The van der Waals surface area contributed by atoms with Crippen LogP contribution in [0.4, 0.5) is 0 Å². The summed E-state index contributed by atoms with van der Waals surface area (Å²) < 4.78 is 11.3. The number of Topliss-reactive ketones (excluding diaryl/α,β-unsaturated/α-hetero) is 1. The molecule has 0 aliphatic carbocycles. The third kappa shape index (κ3) is 4.29. The maximum atomic E-state index is 12.0. The first kappa shape index (κ1) is 15.9. The molecule has 0 unspecified atom stereocenters. The van der Waals surface area contributed by atoms with Crippen molar-refractivity contribution in [3.63, 3.8) is 0 Å². The van der Waals surface area contributed by atoms with Crippen LogP contribution in [0, 0.1) is 0 Å². The van der Waals surface area contributed by atoms with E-state index in [-0.39, 0.29) is 5.78 Å². The van der Waals surface area contributed by atoms with E-state index >= 15 is 0 Å². The second kappa shape index (κ2) is 8.06. The van der Waals surface area contributed by atoms with Crippen molar-refractivity contribution in [2.24, 2.45) is 0 Å². The topological polar surface area (TPSA) is 35.5 Å². The van der Waals surface area contributed by atoms with Gasteiger partial charge in [0, 0.05) is 11.3 Å². The Bertz CT molecular complexity index is 655. The van der Waals surface area contributed by atoms with Crippen molar-refractivity contribution >= 4 is 17.5 Å². The molecule has 0 spiro atoms. The Hall–Kier alpha value is -1.94. The fraction of sp³-hybridized carbons (Fsp3) is 0.316. The molecule has 120 valence electrons. The average Bonchev–Trinajstić information content (AvgIpc) is 2.59. The summed E-state index contributed by atoms with van der Waals surface area (Å²) in [5.41, 5.74) is 0.609. The molecule has 3 nitrogen and oxygen atoms in total. The molecule has 0 amide bonds. The number of thioether (sulfide) groups is 1. The summed E-state index contributed by atoms with van der Waals surface area (Å²) in [4.78, 5) is 13.3. The standard InChI is InChI=1S/C19H20O3S/c20-16-11-13-22-18-10-6-9-17(19(16)18)21-12-4-5-14-23-15-7-2-1-3-8-15/h1-3,6-10H,4-5,11-14H2. The van der Waals surface area contributed by atoms with Crippen molar-refractivity contribution in [3.05, 3.63) is 54.1 Å². The lowest BCUT2D eigenvalue weighted by Gasteiger charge is -2.19. The number of hydrogen-bond acceptors (Lipinski definition) is 4. The van der Waals surface area contributed by atoms with Gasteiger partial charge < -0.3 is 9.47 Å². The number of ketones is 1. The van der Waals surface area contributed by atoms with Gasteiger partial charge in [0.25, 0.3) is 0 Å². The highest BCUT2D eigenvalue weighted by atomic mass is 32.2. The molecule has 0 radical (unpaired) electrons. The van der Waals surface area contributed by atoms with Crippen LogP contribution in [0.15, 0.2) is 53.4 Å². The van der Waals surface area contributed by atoms with Gasteiger partial charge in [-0.2, -0.15) is 0 Å². The summed E-state index contributed by atoms with van der Waals surface area (Å²) in [6.07, 6.45) is 2.48.